The molecule has 3 rings (SSSR count). The van der Waals surface area contributed by atoms with Crippen molar-refractivity contribution in [1.29, 1.82) is 0 Å². The summed E-state index contributed by atoms with van der Waals surface area (Å²) < 4.78 is 57.9. The topological polar surface area (TPSA) is 80.8 Å². The van der Waals surface area contributed by atoms with Crippen LogP contribution in [-0.4, -0.2) is 44.2 Å². The lowest BCUT2D eigenvalue weighted by molar-refractivity contribution is 0.0474. The van der Waals surface area contributed by atoms with E-state index in [1.807, 2.05) is 0 Å². The van der Waals surface area contributed by atoms with Crippen LogP contribution in [0.15, 0.2) is 47.4 Å². The SMILES string of the molecule is CC1CCN(S(=O)(=O)c2ccc(C(=O)OCC(=O)c3ccc(F)c(F)c3)cc2)CC1. The highest BCUT2D eigenvalue weighted by Crippen LogP contribution is 2.23. The molecule has 1 aliphatic rings. The van der Waals surface area contributed by atoms with Crippen LogP contribution >= 0.6 is 0 Å². The highest BCUT2D eigenvalue weighted by molar-refractivity contribution is 7.89. The molecule has 30 heavy (non-hydrogen) atoms. The van der Waals surface area contributed by atoms with Crippen molar-refractivity contribution in [3.05, 3.63) is 65.2 Å². The summed E-state index contributed by atoms with van der Waals surface area (Å²) in [6, 6.07) is 7.89. The highest BCUT2D eigenvalue weighted by atomic mass is 32.2. The molecular weight excluding hydrogens is 416 g/mol. The zero-order chi connectivity index (χ0) is 21.9. The number of Topliss-reactive ketones (excluding diaryl/α,β-unsaturated/α-hetero) is 1. The van der Waals surface area contributed by atoms with Gasteiger partial charge in [-0.1, -0.05) is 6.92 Å². The second kappa shape index (κ2) is 9.01. The Morgan fingerprint density at radius 1 is 1.00 bits per heavy atom. The van der Waals surface area contributed by atoms with Gasteiger partial charge in [0.1, 0.15) is 0 Å². The fourth-order valence-electron chi connectivity index (χ4n) is 3.10. The second-order valence-electron chi connectivity index (χ2n) is 7.24. The molecule has 160 valence electrons. The molecule has 2 aromatic rings. The summed E-state index contributed by atoms with van der Waals surface area (Å²) in [5.41, 5.74) is -0.0571. The summed E-state index contributed by atoms with van der Waals surface area (Å²) in [6.45, 7) is 2.34. The van der Waals surface area contributed by atoms with Crippen LogP contribution in [0.3, 0.4) is 0 Å². The molecule has 1 fully saturated rings. The first-order valence-corrected chi connectivity index (χ1v) is 10.9. The van der Waals surface area contributed by atoms with Gasteiger partial charge in [0.15, 0.2) is 24.0 Å². The lowest BCUT2D eigenvalue weighted by Gasteiger charge is -2.29. The Labute approximate surface area is 173 Å². The summed E-state index contributed by atoms with van der Waals surface area (Å²) >= 11 is 0. The number of carbonyl (C=O) groups is 2. The van der Waals surface area contributed by atoms with Crippen molar-refractivity contribution in [2.45, 2.75) is 24.7 Å². The predicted molar refractivity (Wildman–Crippen MR) is 105 cm³/mol. The van der Waals surface area contributed by atoms with Crippen molar-refractivity contribution >= 4 is 21.8 Å². The van der Waals surface area contributed by atoms with E-state index in [0.29, 0.717) is 19.0 Å². The number of esters is 1. The van der Waals surface area contributed by atoms with Gasteiger partial charge in [-0.3, -0.25) is 4.79 Å². The Kier molecular flexibility index (Phi) is 6.62. The zero-order valence-electron chi connectivity index (χ0n) is 16.3. The lowest BCUT2D eigenvalue weighted by Crippen LogP contribution is -2.37. The van der Waals surface area contributed by atoms with E-state index < -0.39 is 40.0 Å². The van der Waals surface area contributed by atoms with Gasteiger partial charge < -0.3 is 4.74 Å². The molecule has 0 spiro atoms. The van der Waals surface area contributed by atoms with Gasteiger partial charge in [0.2, 0.25) is 10.0 Å². The second-order valence-corrected chi connectivity index (χ2v) is 9.18. The third kappa shape index (κ3) is 4.91. The van der Waals surface area contributed by atoms with Gasteiger partial charge in [0.25, 0.3) is 0 Å². The number of hydrogen-bond acceptors (Lipinski definition) is 5. The van der Waals surface area contributed by atoms with Crippen LogP contribution in [0.5, 0.6) is 0 Å². The molecular formula is C21H21F2NO5S. The molecule has 0 radical (unpaired) electrons. The highest BCUT2D eigenvalue weighted by Gasteiger charge is 2.28. The number of ether oxygens (including phenoxy) is 1. The van der Waals surface area contributed by atoms with E-state index in [4.69, 9.17) is 4.74 Å². The van der Waals surface area contributed by atoms with E-state index in [-0.39, 0.29) is 16.0 Å². The minimum absolute atomic E-state index is 0.0688. The first-order chi connectivity index (χ1) is 14.2. The Morgan fingerprint density at radius 3 is 2.20 bits per heavy atom. The van der Waals surface area contributed by atoms with Crippen LogP contribution in [0.4, 0.5) is 8.78 Å². The Hall–Kier alpha value is -2.65. The van der Waals surface area contributed by atoms with Crippen LogP contribution in [0.1, 0.15) is 40.5 Å². The third-order valence-electron chi connectivity index (χ3n) is 5.05. The number of carbonyl (C=O) groups excluding carboxylic acids is 2. The third-order valence-corrected chi connectivity index (χ3v) is 6.96. The molecule has 1 aliphatic heterocycles. The Balaban J connectivity index is 1.62. The Bertz CT molecular complexity index is 1050. The minimum atomic E-state index is -3.64. The van der Waals surface area contributed by atoms with Crippen molar-refractivity contribution in [3.8, 4) is 0 Å². The summed E-state index contributed by atoms with van der Waals surface area (Å²) in [5.74, 6) is -3.30. The van der Waals surface area contributed by atoms with E-state index in [0.717, 1.165) is 31.0 Å². The summed E-state index contributed by atoms with van der Waals surface area (Å²) in [6.07, 6.45) is 1.60. The van der Waals surface area contributed by atoms with Crippen molar-refractivity contribution in [3.63, 3.8) is 0 Å². The van der Waals surface area contributed by atoms with Gasteiger partial charge >= 0.3 is 5.97 Å². The van der Waals surface area contributed by atoms with Crippen LogP contribution in [-0.2, 0) is 14.8 Å². The summed E-state index contributed by atoms with van der Waals surface area (Å²) in [4.78, 5) is 24.2. The number of sulfonamides is 1. The fourth-order valence-corrected chi connectivity index (χ4v) is 4.57. The molecule has 1 saturated heterocycles. The van der Waals surface area contributed by atoms with E-state index in [1.165, 1.54) is 28.6 Å². The van der Waals surface area contributed by atoms with Gasteiger partial charge in [0, 0.05) is 18.7 Å². The number of piperidine rings is 1. The van der Waals surface area contributed by atoms with Gasteiger partial charge in [-0.05, 0) is 61.2 Å². The van der Waals surface area contributed by atoms with Crippen molar-refractivity contribution in [2.24, 2.45) is 5.92 Å². The molecule has 0 N–H and O–H groups in total. The lowest BCUT2D eigenvalue weighted by atomic mass is 10.0. The molecule has 0 unspecified atom stereocenters. The molecule has 6 nitrogen and oxygen atoms in total. The van der Waals surface area contributed by atoms with E-state index in [9.17, 15) is 26.8 Å². The fraction of sp³-hybridized carbons (Fsp3) is 0.333. The maximum Gasteiger partial charge on any atom is 0.338 e. The van der Waals surface area contributed by atoms with Crippen LogP contribution in [0, 0.1) is 17.6 Å². The maximum absolute atomic E-state index is 13.2. The molecule has 0 aliphatic carbocycles. The van der Waals surface area contributed by atoms with E-state index >= 15 is 0 Å². The van der Waals surface area contributed by atoms with E-state index in [1.54, 1.807) is 0 Å². The molecule has 9 heteroatoms. The largest absolute Gasteiger partial charge is 0.454 e. The summed E-state index contributed by atoms with van der Waals surface area (Å²) in [5, 5.41) is 0. The molecule has 0 aromatic heterocycles. The van der Waals surface area contributed by atoms with E-state index in [2.05, 4.69) is 6.92 Å². The number of rotatable bonds is 6. The molecule has 0 atom stereocenters. The monoisotopic (exact) mass is 437 g/mol. The quantitative estimate of drug-likeness (QED) is 0.511. The Morgan fingerprint density at radius 2 is 1.60 bits per heavy atom. The van der Waals surface area contributed by atoms with Crippen molar-refractivity contribution < 1.29 is 31.5 Å². The molecule has 0 saturated carbocycles. The molecule has 1 heterocycles. The number of ketones is 1. The first kappa shape index (κ1) is 22.0. The van der Waals surface area contributed by atoms with Crippen LogP contribution < -0.4 is 0 Å². The normalized spacial score (nSPS) is 15.7. The van der Waals surface area contributed by atoms with Crippen molar-refractivity contribution in [1.82, 2.24) is 4.31 Å². The first-order valence-electron chi connectivity index (χ1n) is 9.44. The van der Waals surface area contributed by atoms with Crippen LogP contribution in [0.25, 0.3) is 0 Å². The standard InChI is InChI=1S/C21H21F2NO5S/c1-14-8-10-24(11-9-14)30(27,28)17-5-2-15(3-6-17)21(26)29-13-20(25)16-4-7-18(22)19(23)12-16/h2-7,12,14H,8-11,13H2,1H3. The maximum atomic E-state index is 13.2. The average Bonchev–Trinajstić information content (AvgIpc) is 2.74. The van der Waals surface area contributed by atoms with Crippen molar-refractivity contribution in [2.75, 3.05) is 19.7 Å². The molecule has 2 aromatic carbocycles. The number of halogens is 2. The van der Waals surface area contributed by atoms with Gasteiger partial charge in [-0.15, -0.1) is 0 Å². The van der Waals surface area contributed by atoms with Crippen LogP contribution in [0.2, 0.25) is 0 Å². The molecule has 0 amide bonds. The minimum Gasteiger partial charge on any atom is -0.454 e. The number of hydrogen-bond donors (Lipinski definition) is 0. The smallest absolute Gasteiger partial charge is 0.338 e. The summed E-state index contributed by atoms with van der Waals surface area (Å²) in [7, 11) is -3.64. The average molecular weight is 437 g/mol. The predicted octanol–water partition coefficient (Wildman–Crippen LogP) is 3.43. The van der Waals surface area contributed by atoms with Gasteiger partial charge in [-0.2, -0.15) is 4.31 Å². The number of benzene rings is 2. The van der Waals surface area contributed by atoms with Gasteiger partial charge in [0.05, 0.1) is 10.5 Å². The van der Waals surface area contributed by atoms with Gasteiger partial charge in [-0.25, -0.2) is 22.0 Å². The zero-order valence-corrected chi connectivity index (χ0v) is 17.1. The molecule has 0 bridgehead atoms. The number of nitrogens with zero attached hydrogens (tertiary/aromatic N) is 1.